The number of carbonyl (C=O) groups excluding carboxylic acids is 5. The average Bonchev–Trinajstić information content (AvgIpc) is 3.68. The van der Waals surface area contributed by atoms with Gasteiger partial charge in [-0.15, -0.1) is 0 Å². The van der Waals surface area contributed by atoms with E-state index in [4.69, 9.17) is 18.9 Å². The first kappa shape index (κ1) is 54.3. The molecule has 0 radical (unpaired) electrons. The van der Waals surface area contributed by atoms with Crippen LogP contribution >= 0.6 is 0 Å². The Hall–Kier alpha value is -7.01. The lowest BCUT2D eigenvalue weighted by molar-refractivity contribution is -0.116. The molecule has 1 fully saturated rings. The summed E-state index contributed by atoms with van der Waals surface area (Å²) < 4.78 is 24.4. The summed E-state index contributed by atoms with van der Waals surface area (Å²) in [7, 11) is 1.43. The van der Waals surface area contributed by atoms with Gasteiger partial charge >= 0.3 is 11.8 Å². The predicted octanol–water partition coefficient (Wildman–Crippen LogP) is 7.62. The summed E-state index contributed by atoms with van der Waals surface area (Å²) in [6.07, 6.45) is 3.27. The second-order valence-electron chi connectivity index (χ2n) is 20.4. The Kier molecular flexibility index (Phi) is 16.2. The summed E-state index contributed by atoms with van der Waals surface area (Å²) in [5, 5.41) is 37.2. The molecule has 15 nitrogen and oxygen atoms in total. The maximum absolute atomic E-state index is 15.8. The summed E-state index contributed by atoms with van der Waals surface area (Å²) in [4.78, 5) is 79.1. The molecule has 4 N–H and O–H groups in total. The fourth-order valence-corrected chi connectivity index (χ4v) is 10.6. The van der Waals surface area contributed by atoms with Crippen LogP contribution in [0.25, 0.3) is 0 Å². The first-order valence-electron chi connectivity index (χ1n) is 25.5. The van der Waals surface area contributed by atoms with Gasteiger partial charge in [-0.25, -0.2) is 4.79 Å². The van der Waals surface area contributed by atoms with Gasteiger partial charge in [0.2, 0.25) is 11.6 Å². The highest BCUT2D eigenvalue weighted by Crippen LogP contribution is 2.50. The average molecular weight is 1020 g/mol. The summed E-state index contributed by atoms with van der Waals surface area (Å²) in [6.45, 7) is 14.4. The van der Waals surface area contributed by atoms with Gasteiger partial charge in [0.05, 0.1) is 59.0 Å². The number of allylic oxidation sites excluding steroid dienone is 4. The Bertz CT molecular complexity index is 2920. The van der Waals surface area contributed by atoms with Crippen LogP contribution in [-0.4, -0.2) is 118 Å². The molecule has 4 heterocycles. The van der Waals surface area contributed by atoms with E-state index in [2.05, 4.69) is 34.5 Å². The summed E-state index contributed by atoms with van der Waals surface area (Å²) in [5.74, 6) is -9.33. The molecule has 9 atom stereocenters. The number of hydrogen-bond acceptors (Lipinski definition) is 14. The van der Waals surface area contributed by atoms with Crippen LogP contribution in [0.4, 0.5) is 0 Å². The number of benzene rings is 4. The van der Waals surface area contributed by atoms with Crippen molar-refractivity contribution in [2.75, 3.05) is 33.3 Å². The van der Waals surface area contributed by atoms with Crippen LogP contribution in [0.3, 0.4) is 0 Å². The van der Waals surface area contributed by atoms with Gasteiger partial charge in [0.25, 0.3) is 11.7 Å². The Morgan fingerprint density at radius 2 is 1.32 bits per heavy atom. The van der Waals surface area contributed by atoms with Gasteiger partial charge in [0.1, 0.15) is 22.9 Å². The summed E-state index contributed by atoms with van der Waals surface area (Å²) in [6, 6.07) is 26.5. The fourth-order valence-electron chi connectivity index (χ4n) is 10.6. The first-order valence-corrected chi connectivity index (χ1v) is 25.5. The second-order valence-corrected chi connectivity index (χ2v) is 20.4. The van der Waals surface area contributed by atoms with Gasteiger partial charge in [-0.2, -0.15) is 0 Å². The zero-order valence-corrected chi connectivity index (χ0v) is 43.9. The smallest absolute Gasteiger partial charge is 0.343 e. The Morgan fingerprint density at radius 1 is 0.733 bits per heavy atom. The third kappa shape index (κ3) is 10.7. The largest absolute Gasteiger partial charge is 0.454 e. The van der Waals surface area contributed by atoms with Gasteiger partial charge in [0.15, 0.2) is 0 Å². The number of ether oxygens (including phenoxy) is 4. The van der Waals surface area contributed by atoms with Crippen molar-refractivity contribution in [2.45, 2.75) is 91.6 Å². The van der Waals surface area contributed by atoms with Gasteiger partial charge in [-0.1, -0.05) is 124 Å². The molecule has 9 unspecified atom stereocenters. The summed E-state index contributed by atoms with van der Waals surface area (Å²) >= 11 is 0. The molecule has 9 rings (SSSR count). The molecular formula is C60H67N3O12. The number of Topliss-reactive ketones (excluding diaryl/α,β-unsaturated/α-hetero) is 3. The molecule has 4 aromatic carbocycles. The minimum Gasteiger partial charge on any atom is -0.454 e. The molecular weight excluding hydrogens is 955 g/mol. The third-order valence-corrected chi connectivity index (χ3v) is 15.4. The maximum atomic E-state index is 15.8. The number of hydrogen-bond donors (Lipinski definition) is 4. The van der Waals surface area contributed by atoms with Crippen molar-refractivity contribution < 1.29 is 58.2 Å². The minimum atomic E-state index is -2.15. The lowest BCUT2D eigenvalue weighted by Gasteiger charge is -2.42. The van der Waals surface area contributed by atoms with E-state index in [1.165, 1.54) is 46.3 Å². The molecule has 5 bridgehead atoms. The van der Waals surface area contributed by atoms with Crippen molar-refractivity contribution in [1.82, 2.24) is 15.1 Å². The number of methoxy groups -OCH3 is 1. The molecule has 1 saturated heterocycles. The SMILES string of the molecule is COC1C=COC2(C)Oc3c(C)c(OC(=O)c4ccc(C)cc4)c4c(c3C2=O)C(=O)C(N2CCN(C(c3ccccc3)c3ccccc3)CC2)=C(NC(=O)C(C)=CC=CC(C)C(O)C(C)C(O)C(C)C(O)C1C)C4=O. The number of nitrogens with one attached hydrogen (secondary N) is 1. The van der Waals surface area contributed by atoms with E-state index in [1.807, 2.05) is 43.3 Å². The molecule has 5 aliphatic rings. The van der Waals surface area contributed by atoms with E-state index in [1.54, 1.807) is 69.0 Å². The molecule has 75 heavy (non-hydrogen) atoms. The number of nitrogens with zero attached hydrogens (tertiary/aromatic N) is 2. The van der Waals surface area contributed by atoms with Gasteiger partial charge < -0.3 is 44.5 Å². The van der Waals surface area contributed by atoms with E-state index >= 15 is 14.4 Å². The van der Waals surface area contributed by atoms with Crippen LogP contribution in [0, 0.1) is 37.5 Å². The number of aryl methyl sites for hydroxylation is 1. The predicted molar refractivity (Wildman–Crippen MR) is 281 cm³/mol. The van der Waals surface area contributed by atoms with Crippen molar-refractivity contribution in [3.05, 3.63) is 177 Å². The monoisotopic (exact) mass is 1020 g/mol. The number of piperazine rings is 1. The van der Waals surface area contributed by atoms with Crippen LogP contribution < -0.4 is 14.8 Å². The molecule has 394 valence electrons. The number of carbonyl (C=O) groups is 5. The van der Waals surface area contributed by atoms with Crippen LogP contribution in [0.1, 0.15) is 111 Å². The zero-order valence-electron chi connectivity index (χ0n) is 43.9. The van der Waals surface area contributed by atoms with Gasteiger partial charge in [-0.3, -0.25) is 24.1 Å². The quantitative estimate of drug-likeness (QED) is 0.104. The van der Waals surface area contributed by atoms with E-state index < -0.39 is 88.7 Å². The highest BCUT2D eigenvalue weighted by Gasteiger charge is 2.54. The van der Waals surface area contributed by atoms with Crippen molar-refractivity contribution in [1.29, 1.82) is 0 Å². The molecule has 0 saturated carbocycles. The number of rotatable bonds is 7. The van der Waals surface area contributed by atoms with E-state index in [0.717, 1.165) is 16.7 Å². The number of aliphatic hydroxyl groups is 3. The number of aliphatic hydroxyl groups excluding tert-OH is 3. The van der Waals surface area contributed by atoms with Crippen molar-refractivity contribution in [2.24, 2.45) is 23.7 Å². The van der Waals surface area contributed by atoms with Crippen molar-refractivity contribution in [3.8, 4) is 11.5 Å². The standard InChI is InChI=1S/C60H67N3O12/c1-33-23-25-42(26-24-33)59(71)74-55-39(7)56-46-44-45(55)53(67)47(49(54(44)68)63-30-28-62(29-31-63)48(40-19-12-10-13-20-40)41-21-14-11-15-22-41)61-58(70)35(3)18-16-17-34(2)50(64)37(5)52(66)38(6)51(65)36(4)43(72-9)27-32-73-60(8,75-56)57(46)69/h10-27,32,34,36-38,43,48,50-52,64-66H,28-31H2,1-9H3,(H,61,70). The normalized spacial score (nSPS) is 27.0. The molecule has 1 amide bonds. The van der Waals surface area contributed by atoms with Gasteiger partial charge in [-0.05, 0) is 50.1 Å². The number of amides is 1. The number of ketones is 3. The molecule has 4 aliphatic heterocycles. The van der Waals surface area contributed by atoms with Crippen LogP contribution in [0.5, 0.6) is 11.5 Å². The van der Waals surface area contributed by atoms with E-state index in [0.29, 0.717) is 13.1 Å². The van der Waals surface area contributed by atoms with Crippen molar-refractivity contribution in [3.63, 3.8) is 0 Å². The Balaban J connectivity index is 1.28. The maximum Gasteiger partial charge on any atom is 0.343 e. The van der Waals surface area contributed by atoms with E-state index in [-0.39, 0.29) is 69.9 Å². The van der Waals surface area contributed by atoms with Crippen LogP contribution in [0.15, 0.2) is 132 Å². The molecule has 0 spiro atoms. The highest BCUT2D eigenvalue weighted by molar-refractivity contribution is 6.32. The van der Waals surface area contributed by atoms with Crippen LogP contribution in [-0.2, 0) is 14.3 Å². The minimum absolute atomic E-state index is 0.0435. The Labute approximate surface area is 438 Å². The number of fused-ring (bicyclic) bond motifs is 14. The third-order valence-electron chi connectivity index (χ3n) is 15.4. The molecule has 0 aromatic heterocycles. The molecule has 1 aliphatic carbocycles. The van der Waals surface area contributed by atoms with E-state index in [9.17, 15) is 24.9 Å². The lowest BCUT2D eigenvalue weighted by atomic mass is 9.78. The highest BCUT2D eigenvalue weighted by atomic mass is 16.7. The summed E-state index contributed by atoms with van der Waals surface area (Å²) in [5.41, 5.74) is 1.74. The fraction of sp³-hybridized carbons (Fsp3) is 0.383. The molecule has 15 heteroatoms. The lowest BCUT2D eigenvalue weighted by Crippen LogP contribution is -2.50. The topological polar surface area (TPSA) is 201 Å². The van der Waals surface area contributed by atoms with Gasteiger partial charge in [0, 0.05) is 75.0 Å². The zero-order chi connectivity index (χ0) is 54.0. The number of esters is 1. The molecule has 4 aromatic rings. The second kappa shape index (κ2) is 22.5. The van der Waals surface area contributed by atoms with Crippen LogP contribution in [0.2, 0.25) is 0 Å². The first-order chi connectivity index (χ1) is 35.8. The Morgan fingerprint density at radius 3 is 1.92 bits per heavy atom. The van der Waals surface area contributed by atoms with Crippen molar-refractivity contribution >= 4 is 29.2 Å².